The quantitative estimate of drug-likeness (QED) is 0.0590. The summed E-state index contributed by atoms with van der Waals surface area (Å²) in [5.41, 5.74) is 2.45. The minimum Gasteiger partial charge on any atom is -0.469 e. The number of aliphatic hydroxyl groups is 1. The van der Waals surface area contributed by atoms with Crippen LogP contribution in [0.3, 0.4) is 0 Å². The zero-order chi connectivity index (χ0) is 33.5. The van der Waals surface area contributed by atoms with Crippen LogP contribution in [0, 0.1) is 17.8 Å². The highest BCUT2D eigenvalue weighted by atomic mass is 28.4. The number of carbonyl (C=O) groups is 2. The lowest BCUT2D eigenvalue weighted by molar-refractivity contribution is -0.140. The second kappa shape index (κ2) is 19.8. The van der Waals surface area contributed by atoms with Gasteiger partial charge in [-0.25, -0.2) is 0 Å². The molecule has 2 rings (SSSR count). The molecule has 1 aromatic rings. The summed E-state index contributed by atoms with van der Waals surface area (Å²) >= 11 is 0. The summed E-state index contributed by atoms with van der Waals surface area (Å²) in [7, 11) is -0.807. The van der Waals surface area contributed by atoms with E-state index >= 15 is 0 Å². The van der Waals surface area contributed by atoms with Gasteiger partial charge in [-0.2, -0.15) is 0 Å². The summed E-state index contributed by atoms with van der Waals surface area (Å²) in [6, 6.07) is 11.2. The van der Waals surface area contributed by atoms with Crippen molar-refractivity contribution in [3.63, 3.8) is 0 Å². The van der Waals surface area contributed by atoms with Crippen molar-refractivity contribution in [2.24, 2.45) is 17.8 Å². The Balaban J connectivity index is 2.27. The van der Waals surface area contributed by atoms with Crippen LogP contribution in [0.25, 0.3) is 0 Å². The van der Waals surface area contributed by atoms with Gasteiger partial charge in [-0.1, -0.05) is 110 Å². The Morgan fingerprint density at radius 3 is 2.31 bits per heavy atom. The third kappa shape index (κ3) is 13.5. The molecule has 0 spiro atoms. The normalized spacial score (nSPS) is 21.5. The molecule has 5 nitrogen and oxygen atoms in total. The maximum absolute atomic E-state index is 13.7. The van der Waals surface area contributed by atoms with Crippen molar-refractivity contribution in [1.29, 1.82) is 0 Å². The fraction of sp³-hybridized carbons (Fsp3) is 0.744. The molecule has 1 aliphatic rings. The molecule has 1 fully saturated rings. The Morgan fingerprint density at radius 1 is 1.04 bits per heavy atom. The van der Waals surface area contributed by atoms with E-state index in [2.05, 4.69) is 78.0 Å². The van der Waals surface area contributed by atoms with E-state index in [0.29, 0.717) is 36.5 Å². The van der Waals surface area contributed by atoms with Crippen molar-refractivity contribution in [2.45, 2.75) is 161 Å². The van der Waals surface area contributed by atoms with E-state index in [9.17, 15) is 14.7 Å². The van der Waals surface area contributed by atoms with Crippen LogP contribution in [0.15, 0.2) is 36.4 Å². The SMILES string of the molecule is CCCCC(C)(O)C/C=C/[C@H]1C(O[Si](CCc2ccc(CC)cc2)(CC(C)C)C(C)C)CC(=O)[C@@H]1CCCCCCC(=O)OC. The second-order valence-electron chi connectivity index (χ2n) is 14.8. The van der Waals surface area contributed by atoms with Crippen LogP contribution in [-0.2, 0) is 31.6 Å². The summed E-state index contributed by atoms with van der Waals surface area (Å²) in [4.78, 5) is 25.1. The van der Waals surface area contributed by atoms with Crippen LogP contribution in [0.5, 0.6) is 0 Å². The number of hydrogen-bond donors (Lipinski definition) is 1. The van der Waals surface area contributed by atoms with Crippen LogP contribution in [0.2, 0.25) is 17.6 Å². The molecule has 1 aliphatic carbocycles. The van der Waals surface area contributed by atoms with Gasteiger partial charge in [0.2, 0.25) is 0 Å². The molecule has 1 saturated carbocycles. The van der Waals surface area contributed by atoms with E-state index in [-0.39, 0.29) is 23.9 Å². The minimum absolute atomic E-state index is 0.0381. The summed E-state index contributed by atoms with van der Waals surface area (Å²) in [6.07, 6.45) is 15.3. The van der Waals surface area contributed by atoms with E-state index in [1.807, 2.05) is 6.92 Å². The minimum atomic E-state index is -2.24. The van der Waals surface area contributed by atoms with Gasteiger partial charge in [-0.15, -0.1) is 0 Å². The Bertz CT molecular complexity index is 1030. The Hall–Kier alpha value is -1.76. The van der Waals surface area contributed by atoms with Crippen LogP contribution < -0.4 is 0 Å². The summed E-state index contributed by atoms with van der Waals surface area (Å²) in [6.45, 7) is 15.6. The predicted octanol–water partition coefficient (Wildman–Crippen LogP) is 9.79. The number of ketones is 1. The number of carbonyl (C=O) groups excluding carboxylic acids is 2. The molecule has 0 bridgehead atoms. The number of hydrogen-bond acceptors (Lipinski definition) is 5. The van der Waals surface area contributed by atoms with Crippen molar-refractivity contribution in [2.75, 3.05) is 7.11 Å². The van der Waals surface area contributed by atoms with Gasteiger partial charge in [-0.3, -0.25) is 9.59 Å². The van der Waals surface area contributed by atoms with Crippen LogP contribution in [-0.4, -0.2) is 44.0 Å². The lowest BCUT2D eigenvalue weighted by atomic mass is 9.87. The van der Waals surface area contributed by atoms with Gasteiger partial charge in [-0.05, 0) is 80.1 Å². The monoisotopic (exact) mass is 642 g/mol. The lowest BCUT2D eigenvalue weighted by Crippen LogP contribution is -2.47. The maximum Gasteiger partial charge on any atom is 0.305 e. The third-order valence-corrected chi connectivity index (χ3v) is 15.5. The number of benzene rings is 1. The highest BCUT2D eigenvalue weighted by Gasteiger charge is 2.47. The summed E-state index contributed by atoms with van der Waals surface area (Å²) in [5, 5.41) is 11.0. The first-order chi connectivity index (χ1) is 21.4. The first kappa shape index (κ1) is 39.4. The summed E-state index contributed by atoms with van der Waals surface area (Å²) in [5.74, 6) is 0.691. The van der Waals surface area contributed by atoms with E-state index in [4.69, 9.17) is 9.16 Å². The zero-order valence-electron chi connectivity index (χ0n) is 30.0. The van der Waals surface area contributed by atoms with Gasteiger partial charge in [0.25, 0.3) is 0 Å². The number of esters is 1. The molecule has 45 heavy (non-hydrogen) atoms. The second-order valence-corrected chi connectivity index (χ2v) is 19.2. The van der Waals surface area contributed by atoms with Crippen molar-refractivity contribution >= 4 is 20.1 Å². The van der Waals surface area contributed by atoms with Crippen LogP contribution >= 0.6 is 0 Å². The van der Waals surface area contributed by atoms with Gasteiger partial charge >= 0.3 is 5.97 Å². The highest BCUT2D eigenvalue weighted by Crippen LogP contribution is 2.43. The van der Waals surface area contributed by atoms with Crippen LogP contribution in [0.1, 0.15) is 130 Å². The number of rotatable bonds is 22. The number of Topliss-reactive ketones (excluding diaryl/α,β-unsaturated/α-hetero) is 1. The van der Waals surface area contributed by atoms with Gasteiger partial charge in [0.1, 0.15) is 5.78 Å². The van der Waals surface area contributed by atoms with Crippen molar-refractivity contribution < 1.29 is 23.9 Å². The molecule has 1 aromatic carbocycles. The number of aryl methyl sites for hydroxylation is 2. The average Bonchev–Trinajstić information content (AvgIpc) is 3.28. The zero-order valence-corrected chi connectivity index (χ0v) is 31.0. The number of methoxy groups -OCH3 is 1. The molecular weight excluding hydrogens is 577 g/mol. The average molecular weight is 643 g/mol. The smallest absolute Gasteiger partial charge is 0.305 e. The van der Waals surface area contributed by atoms with Gasteiger partial charge in [0.15, 0.2) is 8.32 Å². The molecule has 0 aliphatic heterocycles. The lowest BCUT2D eigenvalue weighted by Gasteiger charge is -2.40. The Morgan fingerprint density at radius 2 is 1.71 bits per heavy atom. The number of unbranched alkanes of at least 4 members (excludes halogenated alkanes) is 4. The molecule has 1 N–H and O–H groups in total. The standard InChI is InChI=1S/C39H66O5Si/c1-9-11-25-39(7,42)26-16-18-35-34(17-14-12-13-15-19-38(41)43-8)36(40)28-37(35)44-45(31(5)6,29-30(3)4)27-24-33-22-20-32(10-2)21-23-33/h16,18,20-23,30-31,34-35,37,42H,9-15,17,19,24-29H2,1-8H3/b18-16+/t34-,35-,37?,39?,45?/m1/s1. The largest absolute Gasteiger partial charge is 0.469 e. The molecule has 256 valence electrons. The fourth-order valence-electron chi connectivity index (χ4n) is 7.08. The van der Waals surface area contributed by atoms with E-state index in [1.165, 1.54) is 18.2 Å². The first-order valence-corrected chi connectivity index (χ1v) is 20.5. The van der Waals surface area contributed by atoms with E-state index < -0.39 is 13.9 Å². The highest BCUT2D eigenvalue weighted by molar-refractivity contribution is 6.75. The molecular formula is C39H66O5Si. The maximum atomic E-state index is 13.7. The third-order valence-electron chi connectivity index (χ3n) is 10.0. The molecule has 5 atom stereocenters. The van der Waals surface area contributed by atoms with Gasteiger partial charge in [0.05, 0.1) is 18.8 Å². The first-order valence-electron chi connectivity index (χ1n) is 18.1. The van der Waals surface area contributed by atoms with E-state index in [1.54, 1.807) is 0 Å². The fourth-order valence-corrected chi connectivity index (χ4v) is 11.8. The topological polar surface area (TPSA) is 72.8 Å². The molecule has 0 aromatic heterocycles. The van der Waals surface area contributed by atoms with Crippen molar-refractivity contribution in [3.05, 3.63) is 47.5 Å². The van der Waals surface area contributed by atoms with Crippen molar-refractivity contribution in [1.82, 2.24) is 0 Å². The van der Waals surface area contributed by atoms with Gasteiger partial charge in [0, 0.05) is 24.7 Å². The molecule has 3 unspecified atom stereocenters. The Labute approximate surface area is 277 Å². The van der Waals surface area contributed by atoms with Gasteiger partial charge < -0.3 is 14.3 Å². The predicted molar refractivity (Wildman–Crippen MR) is 190 cm³/mol. The summed E-state index contributed by atoms with van der Waals surface area (Å²) < 4.78 is 12.2. The molecule has 0 saturated heterocycles. The van der Waals surface area contributed by atoms with Crippen LogP contribution in [0.4, 0.5) is 0 Å². The molecule has 6 heteroatoms. The van der Waals surface area contributed by atoms with E-state index in [0.717, 1.165) is 76.3 Å². The molecule has 0 amide bonds. The van der Waals surface area contributed by atoms with Crippen molar-refractivity contribution in [3.8, 4) is 0 Å². The molecule has 0 radical (unpaired) electrons. The number of ether oxygens (including phenoxy) is 1. The Kier molecular flexibility index (Phi) is 17.3. The molecule has 0 heterocycles.